The molecule has 0 atom stereocenters. The van der Waals surface area contributed by atoms with Crippen LogP contribution in [0.1, 0.15) is 32.3 Å². The zero-order valence-corrected chi connectivity index (χ0v) is 15.1. The van der Waals surface area contributed by atoms with E-state index in [1.165, 1.54) is 19.0 Å². The minimum absolute atomic E-state index is 0.230. The van der Waals surface area contributed by atoms with Gasteiger partial charge in [-0.2, -0.15) is 13.2 Å². The average molecular weight is 357 g/mol. The second-order valence-corrected chi connectivity index (χ2v) is 7.02. The zero-order chi connectivity index (χ0) is 18.3. The molecule has 0 N–H and O–H groups in total. The van der Waals surface area contributed by atoms with Gasteiger partial charge in [0.15, 0.2) is 0 Å². The first-order valence-corrected chi connectivity index (χ1v) is 9.00. The Hall–Kier alpha value is -1.27. The average Bonchev–Trinajstić information content (AvgIpc) is 2.57. The van der Waals surface area contributed by atoms with E-state index in [1.807, 2.05) is 0 Å². The van der Waals surface area contributed by atoms with Gasteiger partial charge >= 0.3 is 6.18 Å². The summed E-state index contributed by atoms with van der Waals surface area (Å²) in [4.78, 5) is 4.90. The molecule has 0 amide bonds. The van der Waals surface area contributed by atoms with E-state index in [1.54, 1.807) is 0 Å². The van der Waals surface area contributed by atoms with E-state index in [0.29, 0.717) is 6.61 Å². The molecule has 25 heavy (non-hydrogen) atoms. The lowest BCUT2D eigenvalue weighted by atomic mass is 10.1. The van der Waals surface area contributed by atoms with E-state index in [0.717, 1.165) is 57.2 Å². The number of ether oxygens (including phenoxy) is 1. The molecule has 0 spiro atoms. The van der Waals surface area contributed by atoms with Crippen LogP contribution >= 0.6 is 0 Å². The van der Waals surface area contributed by atoms with Gasteiger partial charge in [-0.1, -0.05) is 13.8 Å². The highest BCUT2D eigenvalue weighted by Crippen LogP contribution is 2.31. The normalized spacial score (nSPS) is 17.2. The highest BCUT2D eigenvalue weighted by molar-refractivity contribution is 5.29. The maximum absolute atomic E-state index is 12.6. The van der Waals surface area contributed by atoms with Crippen molar-refractivity contribution in [3.05, 3.63) is 29.8 Å². The number of alkyl halides is 3. The highest BCUT2D eigenvalue weighted by atomic mass is 19.4. The van der Waals surface area contributed by atoms with Crippen LogP contribution in [0.25, 0.3) is 0 Å². The Balaban J connectivity index is 1.63. The van der Waals surface area contributed by atoms with Gasteiger partial charge in [-0.15, -0.1) is 0 Å². The summed E-state index contributed by atoms with van der Waals surface area (Å²) in [5, 5.41) is 0. The summed E-state index contributed by atoms with van der Waals surface area (Å²) >= 11 is 0. The second kappa shape index (κ2) is 9.43. The van der Waals surface area contributed by atoms with Gasteiger partial charge in [0, 0.05) is 32.7 Å². The molecule has 0 aromatic heterocycles. The third-order valence-electron chi connectivity index (χ3n) is 4.46. The minimum atomic E-state index is -4.36. The van der Waals surface area contributed by atoms with Crippen LogP contribution in [0.4, 0.5) is 13.2 Å². The maximum atomic E-state index is 12.6. The fourth-order valence-electron chi connectivity index (χ4n) is 2.85. The molecule has 0 bridgehead atoms. The number of nitrogens with zero attached hydrogens (tertiary/aromatic N) is 2. The quantitative estimate of drug-likeness (QED) is 0.656. The Morgan fingerprint density at radius 1 is 1.08 bits per heavy atom. The number of rotatable bonds is 8. The Morgan fingerprint density at radius 2 is 1.72 bits per heavy atom. The zero-order valence-electron chi connectivity index (χ0n) is 15.1. The van der Waals surface area contributed by atoms with Crippen LogP contribution in [0.3, 0.4) is 0 Å². The van der Waals surface area contributed by atoms with Gasteiger partial charge in [-0.3, -0.25) is 0 Å². The van der Waals surface area contributed by atoms with E-state index in [4.69, 9.17) is 4.74 Å². The molecule has 1 heterocycles. The van der Waals surface area contributed by atoms with E-state index < -0.39 is 11.7 Å². The van der Waals surface area contributed by atoms with E-state index in [-0.39, 0.29) is 5.75 Å². The predicted molar refractivity (Wildman–Crippen MR) is 92.7 cm³/mol. The summed E-state index contributed by atoms with van der Waals surface area (Å²) in [6.07, 6.45) is -2.31. The van der Waals surface area contributed by atoms with E-state index >= 15 is 0 Å². The first-order valence-electron chi connectivity index (χ1n) is 9.00. The Bertz CT molecular complexity index is 512. The van der Waals surface area contributed by atoms with Gasteiger partial charge in [-0.05, 0) is 49.6 Å². The molecule has 6 heteroatoms. The molecule has 1 aromatic carbocycles. The third-order valence-corrected chi connectivity index (χ3v) is 4.46. The van der Waals surface area contributed by atoms with Gasteiger partial charge in [0.1, 0.15) is 5.75 Å². The van der Waals surface area contributed by atoms with Crippen LogP contribution in [0.2, 0.25) is 0 Å². The molecule has 1 radical (unpaired) electrons. The van der Waals surface area contributed by atoms with Crippen molar-refractivity contribution < 1.29 is 17.9 Å². The first-order chi connectivity index (χ1) is 11.8. The molecule has 1 fully saturated rings. The van der Waals surface area contributed by atoms with Crippen molar-refractivity contribution in [1.82, 2.24) is 9.80 Å². The molecule has 141 valence electrons. The van der Waals surface area contributed by atoms with Gasteiger partial charge < -0.3 is 14.5 Å². The Labute approximate surface area is 148 Å². The smallest absolute Gasteiger partial charge is 0.416 e. The largest absolute Gasteiger partial charge is 0.494 e. The molecule has 2 rings (SSSR count). The summed E-state index contributed by atoms with van der Waals surface area (Å²) < 4.78 is 43.4. The summed E-state index contributed by atoms with van der Waals surface area (Å²) in [5.41, 5.74) is -0.720. The number of piperazine rings is 1. The highest BCUT2D eigenvalue weighted by Gasteiger charge is 2.30. The second-order valence-electron chi connectivity index (χ2n) is 7.02. The van der Waals surface area contributed by atoms with Crippen LogP contribution < -0.4 is 4.74 Å². The molecule has 1 saturated heterocycles. The number of hydrogen-bond acceptors (Lipinski definition) is 3. The molecule has 0 unspecified atom stereocenters. The van der Waals surface area contributed by atoms with Gasteiger partial charge in [-0.25, -0.2) is 0 Å². The number of hydrogen-bond donors (Lipinski definition) is 0. The maximum Gasteiger partial charge on any atom is 0.416 e. The van der Waals surface area contributed by atoms with Gasteiger partial charge in [0.2, 0.25) is 0 Å². The summed E-state index contributed by atoms with van der Waals surface area (Å²) in [7, 11) is 0. The lowest BCUT2D eigenvalue weighted by Gasteiger charge is -2.35. The molecule has 0 aliphatic carbocycles. The van der Waals surface area contributed by atoms with Crippen LogP contribution in [-0.2, 0) is 6.18 Å². The lowest BCUT2D eigenvalue weighted by molar-refractivity contribution is -0.137. The van der Waals surface area contributed by atoms with Crippen LogP contribution in [0.5, 0.6) is 5.75 Å². The van der Waals surface area contributed by atoms with Crippen LogP contribution in [0.15, 0.2) is 18.2 Å². The fourth-order valence-corrected chi connectivity index (χ4v) is 2.85. The number of benzene rings is 1. The van der Waals surface area contributed by atoms with Crippen molar-refractivity contribution in [2.45, 2.75) is 32.9 Å². The number of halogens is 3. The summed E-state index contributed by atoms with van der Waals surface area (Å²) in [6, 6.07) is 5.91. The standard InChI is InChI=1S/C19H28F3N2O/c1-16(2)7-9-24-12-10-23(11-13-24)8-4-14-25-18-6-3-5-17(15-18)19(20,21)22/h5-6,15-16H,4,7-14H2,1-2H3. The van der Waals surface area contributed by atoms with Crippen molar-refractivity contribution in [2.75, 3.05) is 45.9 Å². The van der Waals surface area contributed by atoms with Crippen molar-refractivity contribution in [3.8, 4) is 5.75 Å². The van der Waals surface area contributed by atoms with Crippen molar-refractivity contribution in [2.24, 2.45) is 5.92 Å². The first kappa shape index (κ1) is 20.0. The monoisotopic (exact) mass is 357 g/mol. The molecular formula is C19H28F3N2O. The fraction of sp³-hybridized carbons (Fsp3) is 0.684. The van der Waals surface area contributed by atoms with E-state index in [9.17, 15) is 13.2 Å². The lowest BCUT2D eigenvalue weighted by Crippen LogP contribution is -2.47. The molecule has 0 saturated carbocycles. The van der Waals surface area contributed by atoms with Crippen LogP contribution in [-0.4, -0.2) is 55.7 Å². The molecule has 1 aromatic rings. The van der Waals surface area contributed by atoms with E-state index in [2.05, 4.69) is 29.7 Å². The topological polar surface area (TPSA) is 15.7 Å². The SMILES string of the molecule is CC(C)CCN1CCN(CCCOc2c[c]cc(C(F)(F)F)c2)CC1. The Morgan fingerprint density at radius 3 is 2.32 bits per heavy atom. The van der Waals surface area contributed by atoms with Gasteiger partial charge in [0.25, 0.3) is 0 Å². The summed E-state index contributed by atoms with van der Waals surface area (Å²) in [6.45, 7) is 11.3. The van der Waals surface area contributed by atoms with Crippen molar-refractivity contribution in [3.63, 3.8) is 0 Å². The third kappa shape index (κ3) is 7.24. The molecule has 1 aliphatic heterocycles. The molecular weight excluding hydrogens is 329 g/mol. The van der Waals surface area contributed by atoms with Crippen molar-refractivity contribution >= 4 is 0 Å². The van der Waals surface area contributed by atoms with Gasteiger partial charge in [0.05, 0.1) is 12.2 Å². The molecule has 1 aliphatic rings. The predicted octanol–water partition coefficient (Wildman–Crippen LogP) is 3.94. The Kier molecular flexibility index (Phi) is 7.56. The molecule has 3 nitrogen and oxygen atoms in total. The van der Waals surface area contributed by atoms with Crippen LogP contribution in [0, 0.1) is 12.0 Å². The summed E-state index contributed by atoms with van der Waals surface area (Å²) in [5.74, 6) is 0.969. The van der Waals surface area contributed by atoms with Crippen molar-refractivity contribution in [1.29, 1.82) is 0 Å². The minimum Gasteiger partial charge on any atom is -0.494 e.